The maximum Gasteiger partial charge on any atom is 0.223 e. The molecule has 0 radical (unpaired) electrons. The Morgan fingerprint density at radius 3 is 2.75 bits per heavy atom. The van der Waals surface area contributed by atoms with E-state index in [4.69, 9.17) is 4.74 Å². The zero-order chi connectivity index (χ0) is 14.4. The second-order valence-electron chi connectivity index (χ2n) is 4.53. The molecule has 1 heterocycles. The maximum absolute atomic E-state index is 11.6. The van der Waals surface area contributed by atoms with Crippen LogP contribution in [-0.4, -0.2) is 27.7 Å². The number of H-pyrrole nitrogens is 1. The number of hydrogen-bond acceptors (Lipinski definition) is 4. The molecular weight excluding hydrogens is 256 g/mol. The summed E-state index contributed by atoms with van der Waals surface area (Å²) >= 11 is 0. The molecule has 0 aliphatic heterocycles. The Balaban J connectivity index is 1.74. The molecule has 0 aliphatic rings. The van der Waals surface area contributed by atoms with E-state index in [1.807, 2.05) is 32.0 Å². The second kappa shape index (κ2) is 6.70. The number of ether oxygens (including phenoxy) is 1. The van der Waals surface area contributed by atoms with E-state index in [1.54, 1.807) is 0 Å². The lowest BCUT2D eigenvalue weighted by molar-refractivity contribution is -0.121. The quantitative estimate of drug-likeness (QED) is 0.836. The van der Waals surface area contributed by atoms with Crippen LogP contribution in [0.4, 0.5) is 0 Å². The van der Waals surface area contributed by atoms with Gasteiger partial charge in [0.05, 0.1) is 19.6 Å². The average Bonchev–Trinajstić information content (AvgIpc) is 2.93. The third kappa shape index (κ3) is 3.81. The molecule has 6 heteroatoms. The van der Waals surface area contributed by atoms with E-state index < -0.39 is 0 Å². The molecule has 2 rings (SSSR count). The first-order chi connectivity index (χ1) is 9.66. The van der Waals surface area contributed by atoms with Crippen LogP contribution in [-0.2, 0) is 11.3 Å². The van der Waals surface area contributed by atoms with Crippen LogP contribution in [0.2, 0.25) is 0 Å². The Morgan fingerprint density at radius 2 is 2.10 bits per heavy atom. The highest BCUT2D eigenvalue weighted by Gasteiger charge is 2.06. The normalized spacial score (nSPS) is 10.3. The van der Waals surface area contributed by atoms with Crippen LogP contribution >= 0.6 is 0 Å². The van der Waals surface area contributed by atoms with Gasteiger partial charge in [-0.25, -0.2) is 4.98 Å². The van der Waals surface area contributed by atoms with Gasteiger partial charge in [-0.15, -0.1) is 0 Å². The van der Waals surface area contributed by atoms with Crippen molar-refractivity contribution in [2.45, 2.75) is 26.8 Å². The van der Waals surface area contributed by atoms with E-state index in [0.717, 1.165) is 16.9 Å². The number of amides is 1. The summed E-state index contributed by atoms with van der Waals surface area (Å²) in [5.74, 6) is 1.41. The first kappa shape index (κ1) is 14.0. The molecule has 0 saturated heterocycles. The first-order valence-corrected chi connectivity index (χ1v) is 6.47. The molecule has 2 aromatic rings. The van der Waals surface area contributed by atoms with Crippen LogP contribution in [0.15, 0.2) is 24.5 Å². The topological polar surface area (TPSA) is 79.9 Å². The van der Waals surface area contributed by atoms with Gasteiger partial charge in [-0.1, -0.05) is 18.2 Å². The fraction of sp³-hybridized carbons (Fsp3) is 0.357. The van der Waals surface area contributed by atoms with Gasteiger partial charge in [0.15, 0.2) is 0 Å². The number of aromatic nitrogens is 3. The third-order valence-corrected chi connectivity index (χ3v) is 2.90. The molecule has 0 atom stereocenters. The Kier molecular flexibility index (Phi) is 4.70. The number of carbonyl (C=O) groups is 1. The van der Waals surface area contributed by atoms with Gasteiger partial charge in [-0.05, 0) is 25.0 Å². The van der Waals surface area contributed by atoms with E-state index in [0.29, 0.717) is 25.4 Å². The minimum atomic E-state index is -0.0763. The van der Waals surface area contributed by atoms with E-state index in [9.17, 15) is 4.79 Å². The maximum atomic E-state index is 11.6. The number of aromatic amines is 1. The van der Waals surface area contributed by atoms with E-state index >= 15 is 0 Å². The van der Waals surface area contributed by atoms with E-state index in [2.05, 4.69) is 20.5 Å². The molecule has 1 aromatic heterocycles. The first-order valence-electron chi connectivity index (χ1n) is 6.47. The molecule has 0 aliphatic carbocycles. The molecule has 1 amide bonds. The smallest absolute Gasteiger partial charge is 0.223 e. The Hall–Kier alpha value is -2.37. The van der Waals surface area contributed by atoms with Gasteiger partial charge >= 0.3 is 0 Å². The highest BCUT2D eigenvalue weighted by Crippen LogP contribution is 2.22. The second-order valence-corrected chi connectivity index (χ2v) is 4.53. The lowest BCUT2D eigenvalue weighted by Crippen LogP contribution is -2.25. The van der Waals surface area contributed by atoms with Crippen molar-refractivity contribution in [3.05, 3.63) is 41.5 Å². The SMILES string of the molecule is Cc1cccc(C)c1OCCC(=O)NCc1ncn[nH]1. The molecular formula is C14H18N4O2. The number of nitrogens with one attached hydrogen (secondary N) is 2. The molecule has 20 heavy (non-hydrogen) atoms. The number of para-hydroxylation sites is 1. The summed E-state index contributed by atoms with van der Waals surface area (Å²) in [5, 5.41) is 9.14. The summed E-state index contributed by atoms with van der Waals surface area (Å²) in [6.45, 7) is 4.69. The molecule has 0 fully saturated rings. The molecule has 0 bridgehead atoms. The molecule has 106 valence electrons. The molecule has 1 aromatic carbocycles. The molecule has 0 unspecified atom stereocenters. The monoisotopic (exact) mass is 274 g/mol. The molecule has 6 nitrogen and oxygen atoms in total. The van der Waals surface area contributed by atoms with Crippen molar-refractivity contribution < 1.29 is 9.53 Å². The Bertz CT molecular complexity index is 546. The zero-order valence-electron chi connectivity index (χ0n) is 11.6. The molecule has 2 N–H and O–H groups in total. The predicted molar refractivity (Wildman–Crippen MR) is 74.3 cm³/mol. The highest BCUT2D eigenvalue weighted by molar-refractivity contribution is 5.75. The number of carbonyl (C=O) groups excluding carboxylic acids is 1. The number of benzene rings is 1. The lowest BCUT2D eigenvalue weighted by atomic mass is 10.1. The summed E-state index contributed by atoms with van der Waals surface area (Å²) in [5.41, 5.74) is 2.15. The van der Waals surface area contributed by atoms with Crippen molar-refractivity contribution in [3.63, 3.8) is 0 Å². The minimum absolute atomic E-state index is 0.0763. The van der Waals surface area contributed by atoms with Crippen LogP contribution < -0.4 is 10.1 Å². The van der Waals surface area contributed by atoms with Crippen molar-refractivity contribution >= 4 is 5.91 Å². The van der Waals surface area contributed by atoms with Gasteiger partial charge < -0.3 is 10.1 Å². The third-order valence-electron chi connectivity index (χ3n) is 2.90. The van der Waals surface area contributed by atoms with Crippen molar-refractivity contribution in [1.82, 2.24) is 20.5 Å². The average molecular weight is 274 g/mol. The van der Waals surface area contributed by atoms with E-state index in [1.165, 1.54) is 6.33 Å². The Labute approximate surface area is 117 Å². The number of rotatable bonds is 6. The largest absolute Gasteiger partial charge is 0.493 e. The molecule has 0 spiro atoms. The van der Waals surface area contributed by atoms with Gasteiger partial charge in [-0.3, -0.25) is 9.89 Å². The van der Waals surface area contributed by atoms with Crippen LogP contribution in [0, 0.1) is 13.8 Å². The summed E-state index contributed by atoms with van der Waals surface area (Å²) in [7, 11) is 0. The van der Waals surface area contributed by atoms with Crippen molar-refractivity contribution in [2.75, 3.05) is 6.61 Å². The van der Waals surface area contributed by atoms with Crippen LogP contribution in [0.3, 0.4) is 0 Å². The standard InChI is InChI=1S/C14H18N4O2/c1-10-4-3-5-11(2)14(10)20-7-6-13(19)15-8-12-16-9-17-18-12/h3-5,9H,6-8H2,1-2H3,(H,15,19)(H,16,17,18). The predicted octanol–water partition coefficient (Wildman–Crippen LogP) is 1.51. The van der Waals surface area contributed by atoms with Gasteiger partial charge in [0.1, 0.15) is 17.9 Å². The van der Waals surface area contributed by atoms with Crippen molar-refractivity contribution in [1.29, 1.82) is 0 Å². The van der Waals surface area contributed by atoms with Crippen molar-refractivity contribution in [2.24, 2.45) is 0 Å². The van der Waals surface area contributed by atoms with Gasteiger partial charge in [0.2, 0.25) is 5.91 Å². The van der Waals surface area contributed by atoms with Crippen molar-refractivity contribution in [3.8, 4) is 5.75 Å². The number of nitrogens with zero attached hydrogens (tertiary/aromatic N) is 2. The summed E-state index contributed by atoms with van der Waals surface area (Å²) in [6.07, 6.45) is 1.72. The van der Waals surface area contributed by atoms with Crippen LogP contribution in [0.1, 0.15) is 23.4 Å². The van der Waals surface area contributed by atoms with Gasteiger partial charge in [0.25, 0.3) is 0 Å². The van der Waals surface area contributed by atoms with E-state index in [-0.39, 0.29) is 5.91 Å². The van der Waals surface area contributed by atoms with Crippen LogP contribution in [0.5, 0.6) is 5.75 Å². The van der Waals surface area contributed by atoms with Gasteiger partial charge in [0, 0.05) is 0 Å². The highest BCUT2D eigenvalue weighted by atomic mass is 16.5. The van der Waals surface area contributed by atoms with Gasteiger partial charge in [-0.2, -0.15) is 5.10 Å². The fourth-order valence-corrected chi connectivity index (χ4v) is 1.86. The summed E-state index contributed by atoms with van der Waals surface area (Å²) in [4.78, 5) is 15.6. The zero-order valence-corrected chi connectivity index (χ0v) is 11.6. The summed E-state index contributed by atoms with van der Waals surface area (Å²) < 4.78 is 5.68. The molecule has 0 saturated carbocycles. The minimum Gasteiger partial charge on any atom is -0.493 e. The fourth-order valence-electron chi connectivity index (χ4n) is 1.86. The van der Waals surface area contributed by atoms with Crippen LogP contribution in [0.25, 0.3) is 0 Å². The summed E-state index contributed by atoms with van der Waals surface area (Å²) in [6, 6.07) is 5.97. The number of hydrogen-bond donors (Lipinski definition) is 2. The lowest BCUT2D eigenvalue weighted by Gasteiger charge is -2.11. The number of aryl methyl sites for hydroxylation is 2. The Morgan fingerprint density at radius 1 is 1.35 bits per heavy atom.